The van der Waals surface area contributed by atoms with E-state index in [2.05, 4.69) is 27.0 Å². The van der Waals surface area contributed by atoms with E-state index in [9.17, 15) is 19.5 Å². The Hall–Kier alpha value is -3.89. The monoisotopic (exact) mass is 547 g/mol. The molecule has 16 heteroatoms. The van der Waals surface area contributed by atoms with Gasteiger partial charge in [-0.05, 0) is 13.0 Å². The van der Waals surface area contributed by atoms with Gasteiger partial charge in [-0.3, -0.25) is 14.5 Å². The lowest BCUT2D eigenvalue weighted by Crippen LogP contribution is -2.71. The minimum Gasteiger partial charge on any atom is -0.477 e. The largest absolute Gasteiger partial charge is 0.477 e. The number of amidine groups is 1. The SMILES string of the molecule is C=CCO/N=C(\C(=O)NC1C(=O)N2C(C(=O)O)=C(C3=NC(N)=CC(N)N3CC)CS[C@@H]12)c1csc(N)n1. The van der Waals surface area contributed by atoms with Gasteiger partial charge in [0.25, 0.3) is 11.8 Å². The van der Waals surface area contributed by atoms with Crippen LogP contribution in [0.4, 0.5) is 5.13 Å². The number of thiazole rings is 1. The molecule has 3 atom stereocenters. The molecule has 0 aromatic carbocycles. The maximum absolute atomic E-state index is 13.1. The van der Waals surface area contributed by atoms with Gasteiger partial charge in [0.15, 0.2) is 10.8 Å². The Kier molecular flexibility index (Phi) is 7.51. The Balaban J connectivity index is 1.60. The molecule has 8 N–H and O–H groups in total. The molecule has 0 saturated carbocycles. The number of rotatable bonds is 9. The smallest absolute Gasteiger partial charge is 0.353 e. The van der Waals surface area contributed by atoms with Crippen LogP contribution in [-0.4, -0.2) is 85.7 Å². The van der Waals surface area contributed by atoms with Crippen LogP contribution in [0.3, 0.4) is 0 Å². The van der Waals surface area contributed by atoms with Crippen LogP contribution in [0.2, 0.25) is 0 Å². The van der Waals surface area contributed by atoms with Gasteiger partial charge in [0.2, 0.25) is 0 Å². The van der Waals surface area contributed by atoms with Crippen LogP contribution >= 0.6 is 23.1 Å². The molecule has 3 aliphatic rings. The van der Waals surface area contributed by atoms with E-state index >= 15 is 0 Å². The maximum atomic E-state index is 13.1. The summed E-state index contributed by atoms with van der Waals surface area (Å²) in [5.41, 5.74) is 17.8. The number of carboxylic acids is 1. The van der Waals surface area contributed by atoms with Gasteiger partial charge < -0.3 is 37.4 Å². The molecule has 0 bridgehead atoms. The van der Waals surface area contributed by atoms with Crippen molar-refractivity contribution in [3.63, 3.8) is 0 Å². The number of aromatic nitrogens is 1. The van der Waals surface area contributed by atoms with Gasteiger partial charge in [0.05, 0.1) is 0 Å². The van der Waals surface area contributed by atoms with Crippen LogP contribution in [0.1, 0.15) is 12.6 Å². The Morgan fingerprint density at radius 1 is 1.43 bits per heavy atom. The van der Waals surface area contributed by atoms with E-state index in [1.165, 1.54) is 23.2 Å². The summed E-state index contributed by atoms with van der Waals surface area (Å²) < 4.78 is 0. The van der Waals surface area contributed by atoms with Crippen LogP contribution in [0, 0.1) is 0 Å². The summed E-state index contributed by atoms with van der Waals surface area (Å²) >= 11 is 2.39. The molecule has 2 unspecified atom stereocenters. The number of carboxylic acid groups (broad SMARTS) is 1. The lowest BCUT2D eigenvalue weighted by atomic mass is 10.0. The van der Waals surface area contributed by atoms with Crippen molar-refractivity contribution in [2.45, 2.75) is 24.5 Å². The maximum Gasteiger partial charge on any atom is 0.353 e. The highest BCUT2D eigenvalue weighted by Gasteiger charge is 2.55. The van der Waals surface area contributed by atoms with Crippen molar-refractivity contribution in [3.05, 3.63) is 46.9 Å². The molecule has 14 nitrogen and oxygen atoms in total. The van der Waals surface area contributed by atoms with E-state index in [0.717, 1.165) is 16.2 Å². The molecule has 1 aromatic rings. The standard InChI is InChI=1S/C21H25N9O5S2/c1-3-5-35-28-13(10-8-37-21(24)25-10)17(31)27-14-18(32)30-15(20(33)34)9(7-36-19(14)30)16-26-11(22)6-12(23)29(16)4-2/h3,6,8,12,14,19H,1,4-5,7,22-23H2,2H3,(H2,24,25)(H,27,31)(H,33,34)/b28-13-/t12?,14?,19-/m0/s1. The molecule has 3 aliphatic heterocycles. The molecule has 4 heterocycles. The van der Waals surface area contributed by atoms with Gasteiger partial charge in [-0.2, -0.15) is 0 Å². The molecule has 37 heavy (non-hydrogen) atoms. The number of nitrogens with zero attached hydrogens (tertiary/aromatic N) is 5. The average Bonchev–Trinajstić information content (AvgIpc) is 3.29. The normalized spacial score (nSPS) is 23.6. The number of nitrogens with one attached hydrogen (secondary N) is 1. The van der Waals surface area contributed by atoms with Crippen molar-refractivity contribution >= 4 is 57.6 Å². The quantitative estimate of drug-likeness (QED) is 0.0847. The third-order valence-corrected chi connectivity index (χ3v) is 7.56. The predicted molar refractivity (Wildman–Crippen MR) is 139 cm³/mol. The number of aliphatic imine (C=N–C) groups is 1. The number of amides is 2. The van der Waals surface area contributed by atoms with E-state index in [0.29, 0.717) is 18.0 Å². The molecular formula is C21H25N9O5S2. The number of oxime groups is 1. The second kappa shape index (κ2) is 10.6. The van der Waals surface area contributed by atoms with Crippen molar-refractivity contribution in [1.82, 2.24) is 20.1 Å². The summed E-state index contributed by atoms with van der Waals surface area (Å²) in [6.07, 6.45) is 2.41. The number of nitrogens with two attached hydrogens (primary N) is 3. The zero-order chi connectivity index (χ0) is 26.9. The van der Waals surface area contributed by atoms with E-state index in [1.54, 1.807) is 11.0 Å². The molecule has 1 saturated heterocycles. The summed E-state index contributed by atoms with van der Waals surface area (Å²) in [4.78, 5) is 54.8. The summed E-state index contributed by atoms with van der Waals surface area (Å²) in [5.74, 6) is -1.98. The number of carbonyl (C=O) groups excluding carboxylic acids is 2. The molecule has 1 aromatic heterocycles. The summed E-state index contributed by atoms with van der Waals surface area (Å²) in [5, 5.41) is 17.6. The molecule has 2 amide bonds. The second-order valence-corrected chi connectivity index (χ2v) is 9.89. The molecule has 0 radical (unpaired) electrons. The zero-order valence-electron chi connectivity index (χ0n) is 19.7. The number of thioether (sulfide) groups is 1. The fourth-order valence-electron chi connectivity index (χ4n) is 3.99. The molecule has 1 fully saturated rings. The molecule has 0 aliphatic carbocycles. The van der Waals surface area contributed by atoms with Crippen molar-refractivity contribution in [1.29, 1.82) is 0 Å². The molecular weight excluding hydrogens is 522 g/mol. The number of aliphatic carboxylic acids is 1. The summed E-state index contributed by atoms with van der Waals surface area (Å²) in [7, 11) is 0. The minimum atomic E-state index is -1.31. The molecule has 4 rings (SSSR count). The third kappa shape index (κ3) is 4.90. The average molecular weight is 548 g/mol. The molecule has 0 spiro atoms. The number of likely N-dealkylation sites (N-methyl/N-ethyl adjacent to an activating group) is 1. The van der Waals surface area contributed by atoms with Gasteiger partial charge >= 0.3 is 5.97 Å². The van der Waals surface area contributed by atoms with E-state index in [4.69, 9.17) is 22.0 Å². The Morgan fingerprint density at radius 3 is 2.81 bits per heavy atom. The Morgan fingerprint density at radius 2 is 2.19 bits per heavy atom. The minimum absolute atomic E-state index is 0.0442. The van der Waals surface area contributed by atoms with Crippen LogP contribution in [-0.2, 0) is 19.2 Å². The lowest BCUT2D eigenvalue weighted by molar-refractivity contribution is -0.150. The number of carbonyl (C=O) groups is 3. The lowest BCUT2D eigenvalue weighted by Gasteiger charge is -2.50. The highest BCUT2D eigenvalue weighted by Crippen LogP contribution is 2.41. The Bertz CT molecular complexity index is 1270. The third-order valence-electron chi connectivity index (χ3n) is 5.60. The first kappa shape index (κ1) is 26.2. The number of nitrogen functional groups attached to an aromatic ring is 1. The van der Waals surface area contributed by atoms with Crippen molar-refractivity contribution < 1.29 is 24.3 Å². The van der Waals surface area contributed by atoms with E-state index < -0.39 is 35.4 Å². The number of hydrogen-bond acceptors (Lipinski definition) is 13. The number of anilines is 1. The first-order chi connectivity index (χ1) is 17.7. The molecule has 196 valence electrons. The first-order valence-electron chi connectivity index (χ1n) is 11.0. The van der Waals surface area contributed by atoms with Crippen LogP contribution < -0.4 is 22.5 Å². The van der Waals surface area contributed by atoms with Crippen molar-refractivity contribution in [2.75, 3.05) is 24.6 Å². The first-order valence-corrected chi connectivity index (χ1v) is 12.9. The predicted octanol–water partition coefficient (Wildman–Crippen LogP) is -0.810. The summed E-state index contributed by atoms with van der Waals surface area (Å²) in [6.45, 7) is 5.86. The number of β-lactam (4-membered cyclic amide) rings is 1. The van der Waals surface area contributed by atoms with E-state index in [-0.39, 0.29) is 40.4 Å². The van der Waals surface area contributed by atoms with Crippen LogP contribution in [0.15, 0.2) is 51.4 Å². The van der Waals surface area contributed by atoms with Gasteiger partial charge in [-0.15, -0.1) is 23.1 Å². The second-order valence-electron chi connectivity index (χ2n) is 7.89. The van der Waals surface area contributed by atoms with Crippen LogP contribution in [0.25, 0.3) is 0 Å². The van der Waals surface area contributed by atoms with Gasteiger partial charge in [0.1, 0.15) is 47.2 Å². The zero-order valence-corrected chi connectivity index (χ0v) is 21.3. The highest BCUT2D eigenvalue weighted by molar-refractivity contribution is 8.00. The number of fused-ring (bicyclic) bond motifs is 1. The van der Waals surface area contributed by atoms with E-state index in [1.807, 2.05) is 6.92 Å². The highest BCUT2D eigenvalue weighted by atomic mass is 32.2. The summed E-state index contributed by atoms with van der Waals surface area (Å²) in [6, 6.07) is -1.00. The Labute approximate surface area is 219 Å². The van der Waals surface area contributed by atoms with Gasteiger partial charge in [-0.1, -0.05) is 17.8 Å². The fraction of sp³-hybridized carbons (Fsp3) is 0.333. The topological polar surface area (TPSA) is 215 Å². The van der Waals surface area contributed by atoms with Crippen molar-refractivity contribution in [3.8, 4) is 0 Å². The van der Waals surface area contributed by atoms with Gasteiger partial charge in [0, 0.05) is 23.3 Å². The fourth-order valence-corrected chi connectivity index (χ4v) is 5.87. The van der Waals surface area contributed by atoms with Crippen molar-refractivity contribution in [2.24, 2.45) is 21.6 Å². The number of hydrogen-bond donors (Lipinski definition) is 5. The van der Waals surface area contributed by atoms with Gasteiger partial charge in [-0.25, -0.2) is 14.8 Å². The van der Waals surface area contributed by atoms with Crippen LogP contribution in [0.5, 0.6) is 0 Å².